The number of rotatable bonds is 8. The molecule has 27 heavy (non-hydrogen) atoms. The zero-order chi connectivity index (χ0) is 20.2. The molecule has 0 aliphatic rings. The number of carbonyl (C=O) groups is 1. The van der Waals surface area contributed by atoms with Crippen molar-refractivity contribution in [3.63, 3.8) is 0 Å². The molecule has 1 atom stereocenters. The van der Waals surface area contributed by atoms with E-state index in [9.17, 15) is 13.2 Å². The van der Waals surface area contributed by atoms with E-state index in [0.717, 1.165) is 5.56 Å². The quantitative estimate of drug-likeness (QED) is 0.688. The van der Waals surface area contributed by atoms with Gasteiger partial charge in [-0.3, -0.25) is 0 Å². The molecule has 0 amide bonds. The summed E-state index contributed by atoms with van der Waals surface area (Å²) in [5.41, 5.74) is 1.94. The number of aliphatic carboxylic acids is 1. The first-order valence-corrected chi connectivity index (χ1v) is 10.3. The van der Waals surface area contributed by atoms with E-state index in [1.807, 2.05) is 13.8 Å². The van der Waals surface area contributed by atoms with E-state index in [2.05, 4.69) is 4.72 Å². The highest BCUT2D eigenvalue weighted by Gasteiger charge is 2.19. The Hall–Kier alpha value is -2.09. The molecular formula is C19H22ClNO5S. The molecule has 6 nitrogen and oxygen atoms in total. The van der Waals surface area contributed by atoms with Crippen molar-refractivity contribution in [2.75, 3.05) is 6.61 Å². The van der Waals surface area contributed by atoms with Crippen LogP contribution < -0.4 is 9.46 Å². The Balaban J connectivity index is 2.53. The van der Waals surface area contributed by atoms with Crippen LogP contribution >= 0.6 is 11.6 Å². The number of benzene rings is 2. The number of carboxylic acid groups (broad SMARTS) is 1. The van der Waals surface area contributed by atoms with Crippen LogP contribution in [0.15, 0.2) is 41.3 Å². The predicted octanol–water partition coefficient (Wildman–Crippen LogP) is 3.86. The molecule has 0 fully saturated rings. The maximum atomic E-state index is 12.6. The van der Waals surface area contributed by atoms with Crippen LogP contribution in [0.3, 0.4) is 0 Å². The molecule has 0 spiro atoms. The summed E-state index contributed by atoms with van der Waals surface area (Å²) in [5.74, 6) is -0.795. The van der Waals surface area contributed by atoms with Gasteiger partial charge in [-0.2, -0.15) is 0 Å². The summed E-state index contributed by atoms with van der Waals surface area (Å²) in [7, 11) is -3.69. The Morgan fingerprint density at radius 3 is 2.56 bits per heavy atom. The molecule has 0 aliphatic heterocycles. The molecule has 0 bridgehead atoms. The number of halogens is 1. The van der Waals surface area contributed by atoms with E-state index >= 15 is 0 Å². The van der Waals surface area contributed by atoms with Crippen LogP contribution in [0.4, 0.5) is 0 Å². The van der Waals surface area contributed by atoms with Crippen LogP contribution in [-0.2, 0) is 14.8 Å². The van der Waals surface area contributed by atoms with E-state index in [0.29, 0.717) is 28.3 Å². The Morgan fingerprint density at radius 2 is 1.93 bits per heavy atom. The van der Waals surface area contributed by atoms with Gasteiger partial charge >= 0.3 is 5.97 Å². The molecule has 0 radical (unpaired) electrons. The first-order chi connectivity index (χ1) is 12.6. The van der Waals surface area contributed by atoms with Crippen LogP contribution in [0.25, 0.3) is 11.1 Å². The van der Waals surface area contributed by atoms with Crippen LogP contribution in [-0.4, -0.2) is 32.1 Å². The molecule has 0 heterocycles. The summed E-state index contributed by atoms with van der Waals surface area (Å²) in [4.78, 5) is 11.0. The first kappa shape index (κ1) is 21.2. The topological polar surface area (TPSA) is 92.7 Å². The highest BCUT2D eigenvalue weighted by molar-refractivity contribution is 7.89. The fraction of sp³-hybridized carbons (Fsp3) is 0.316. The van der Waals surface area contributed by atoms with Gasteiger partial charge < -0.3 is 9.84 Å². The first-order valence-electron chi connectivity index (χ1n) is 8.41. The molecular weight excluding hydrogens is 390 g/mol. The van der Waals surface area contributed by atoms with Crippen molar-refractivity contribution in [3.05, 3.63) is 47.0 Å². The number of sulfonamides is 1. The lowest BCUT2D eigenvalue weighted by atomic mass is 10.00. The Kier molecular flexibility index (Phi) is 6.86. The monoisotopic (exact) mass is 411 g/mol. The average Bonchev–Trinajstić information content (AvgIpc) is 2.60. The summed E-state index contributed by atoms with van der Waals surface area (Å²) in [6.45, 7) is 5.00. The molecule has 2 N–H and O–H groups in total. The highest BCUT2D eigenvalue weighted by atomic mass is 35.5. The van der Waals surface area contributed by atoms with Crippen molar-refractivity contribution in [1.82, 2.24) is 4.72 Å². The van der Waals surface area contributed by atoms with Gasteiger partial charge in [-0.15, -0.1) is 0 Å². The van der Waals surface area contributed by atoms with Crippen molar-refractivity contribution < 1.29 is 23.1 Å². The van der Waals surface area contributed by atoms with Gasteiger partial charge in [-0.1, -0.05) is 24.6 Å². The number of carboxylic acids is 1. The second-order valence-electron chi connectivity index (χ2n) is 6.23. The minimum Gasteiger partial charge on any atom is -0.481 e. The molecule has 2 rings (SSSR count). The molecule has 0 saturated heterocycles. The Bertz CT molecular complexity index is 943. The van der Waals surface area contributed by atoms with Gasteiger partial charge in [0.25, 0.3) is 0 Å². The van der Waals surface area contributed by atoms with E-state index in [4.69, 9.17) is 21.4 Å². The summed E-state index contributed by atoms with van der Waals surface area (Å²) in [5, 5.41) is 9.29. The van der Waals surface area contributed by atoms with E-state index in [1.54, 1.807) is 37.3 Å². The van der Waals surface area contributed by atoms with Crippen LogP contribution in [0.1, 0.15) is 25.8 Å². The van der Waals surface area contributed by atoms with E-state index in [1.165, 1.54) is 6.07 Å². The van der Waals surface area contributed by atoms with E-state index < -0.39 is 22.6 Å². The van der Waals surface area contributed by atoms with Gasteiger partial charge in [0.05, 0.1) is 4.90 Å². The van der Waals surface area contributed by atoms with Gasteiger partial charge in [-0.25, -0.2) is 17.9 Å². The number of hydrogen-bond donors (Lipinski definition) is 2. The van der Waals surface area contributed by atoms with Crippen molar-refractivity contribution in [2.24, 2.45) is 0 Å². The molecule has 146 valence electrons. The fourth-order valence-electron chi connectivity index (χ4n) is 2.45. The lowest BCUT2D eigenvalue weighted by molar-refractivity contribution is -0.139. The number of nitrogens with one attached hydrogen (secondary N) is 1. The smallest absolute Gasteiger partial charge is 0.341 e. The molecule has 2 aromatic carbocycles. The van der Waals surface area contributed by atoms with Crippen LogP contribution in [0, 0.1) is 6.92 Å². The largest absolute Gasteiger partial charge is 0.481 e. The normalized spacial score (nSPS) is 12.6. The highest BCUT2D eigenvalue weighted by Crippen LogP contribution is 2.36. The molecule has 0 aromatic heterocycles. The third-order valence-corrected chi connectivity index (χ3v) is 5.89. The fourth-order valence-corrected chi connectivity index (χ4v) is 3.98. The Morgan fingerprint density at radius 1 is 1.22 bits per heavy atom. The third kappa shape index (κ3) is 5.45. The summed E-state index contributed by atoms with van der Waals surface area (Å²) >= 11 is 6.10. The minimum absolute atomic E-state index is 0.118. The summed E-state index contributed by atoms with van der Waals surface area (Å²) in [6.07, 6.45) is 0.666. The zero-order valence-electron chi connectivity index (χ0n) is 15.3. The Labute approximate surface area is 164 Å². The van der Waals surface area contributed by atoms with E-state index in [-0.39, 0.29) is 10.9 Å². The molecule has 0 aliphatic carbocycles. The molecule has 0 saturated carbocycles. The third-order valence-electron chi connectivity index (χ3n) is 4.07. The standard InChI is InChI=1S/C19H22ClNO5S/c1-4-13(3)21-27(24,25)15-7-5-12(2)16(10-15)17-9-14(20)6-8-18(17)26-11-19(22)23/h5-10,13,21H,4,11H2,1-3H3,(H,22,23). The summed E-state index contributed by atoms with van der Waals surface area (Å²) in [6, 6.07) is 9.36. The predicted molar refractivity (Wildman–Crippen MR) is 105 cm³/mol. The van der Waals surface area contributed by atoms with Crippen molar-refractivity contribution in [2.45, 2.75) is 38.1 Å². The van der Waals surface area contributed by atoms with Gasteiger partial charge in [0.15, 0.2) is 6.61 Å². The van der Waals surface area contributed by atoms with Crippen LogP contribution in [0.2, 0.25) is 5.02 Å². The maximum absolute atomic E-state index is 12.6. The van der Waals surface area contributed by atoms with Crippen LogP contribution in [0.5, 0.6) is 5.75 Å². The number of hydrogen-bond acceptors (Lipinski definition) is 4. The van der Waals surface area contributed by atoms with Gasteiger partial charge in [0.2, 0.25) is 10.0 Å². The second-order valence-corrected chi connectivity index (χ2v) is 8.38. The van der Waals surface area contributed by atoms with Gasteiger partial charge in [0.1, 0.15) is 5.75 Å². The van der Waals surface area contributed by atoms with Crippen molar-refractivity contribution in [1.29, 1.82) is 0 Å². The van der Waals surface area contributed by atoms with Gasteiger partial charge in [-0.05, 0) is 61.7 Å². The molecule has 2 aromatic rings. The minimum atomic E-state index is -3.69. The number of ether oxygens (including phenoxy) is 1. The average molecular weight is 412 g/mol. The van der Waals surface area contributed by atoms with Gasteiger partial charge in [0, 0.05) is 16.6 Å². The van der Waals surface area contributed by atoms with Crippen molar-refractivity contribution >= 4 is 27.6 Å². The SMILES string of the molecule is CCC(C)NS(=O)(=O)c1ccc(C)c(-c2cc(Cl)ccc2OCC(=O)O)c1. The lowest BCUT2D eigenvalue weighted by Crippen LogP contribution is -2.32. The lowest BCUT2D eigenvalue weighted by Gasteiger charge is -2.16. The maximum Gasteiger partial charge on any atom is 0.341 e. The van der Waals surface area contributed by atoms with Crippen molar-refractivity contribution in [3.8, 4) is 16.9 Å². The number of aryl methyl sites for hydroxylation is 1. The molecule has 1 unspecified atom stereocenters. The molecule has 8 heteroatoms. The second kappa shape index (κ2) is 8.73. The zero-order valence-corrected chi connectivity index (χ0v) is 16.9. The summed E-state index contributed by atoms with van der Waals surface area (Å²) < 4.78 is 33.2.